The SMILES string of the molecule is CC(C)(C)c1cc2c3c(nccc3c1)-c1cc3ccccc3nc1C21CCCC1. The number of fused-ring (bicyclic) bond motifs is 5. The predicted molar refractivity (Wildman–Crippen MR) is 120 cm³/mol. The van der Waals surface area contributed by atoms with Crippen molar-refractivity contribution in [2.45, 2.75) is 57.3 Å². The number of rotatable bonds is 0. The van der Waals surface area contributed by atoms with Crippen LogP contribution in [0.4, 0.5) is 0 Å². The van der Waals surface area contributed by atoms with Gasteiger partial charge in [-0.2, -0.15) is 0 Å². The minimum Gasteiger partial charge on any atom is -0.256 e. The van der Waals surface area contributed by atoms with Gasteiger partial charge in [0.2, 0.25) is 0 Å². The lowest BCUT2D eigenvalue weighted by molar-refractivity contribution is 0.518. The van der Waals surface area contributed by atoms with Gasteiger partial charge in [0.25, 0.3) is 0 Å². The second-order valence-electron chi connectivity index (χ2n) is 9.90. The molecule has 0 radical (unpaired) electrons. The van der Waals surface area contributed by atoms with E-state index in [0.717, 1.165) is 11.2 Å². The normalized spacial score (nSPS) is 17.2. The summed E-state index contributed by atoms with van der Waals surface area (Å²) in [6.45, 7) is 6.94. The second kappa shape index (κ2) is 5.66. The highest BCUT2D eigenvalue weighted by atomic mass is 14.8. The summed E-state index contributed by atoms with van der Waals surface area (Å²) in [7, 11) is 0. The van der Waals surface area contributed by atoms with E-state index in [-0.39, 0.29) is 10.8 Å². The molecular formula is C27H26N2. The molecule has 144 valence electrons. The molecule has 2 nitrogen and oxygen atoms in total. The van der Waals surface area contributed by atoms with Crippen molar-refractivity contribution in [2.24, 2.45) is 0 Å². The van der Waals surface area contributed by atoms with Crippen molar-refractivity contribution in [3.8, 4) is 11.3 Å². The average Bonchev–Trinajstić information content (AvgIpc) is 3.20. The third-order valence-corrected chi connectivity index (χ3v) is 7.13. The van der Waals surface area contributed by atoms with E-state index in [1.54, 1.807) is 0 Å². The first-order chi connectivity index (χ1) is 14.0. The Labute approximate surface area is 172 Å². The van der Waals surface area contributed by atoms with Crippen LogP contribution in [0.2, 0.25) is 0 Å². The van der Waals surface area contributed by atoms with E-state index in [1.807, 2.05) is 6.20 Å². The summed E-state index contributed by atoms with van der Waals surface area (Å²) < 4.78 is 0. The first-order valence-electron chi connectivity index (χ1n) is 10.8. The van der Waals surface area contributed by atoms with E-state index >= 15 is 0 Å². The topological polar surface area (TPSA) is 25.8 Å². The van der Waals surface area contributed by atoms with Crippen LogP contribution in [-0.2, 0) is 10.8 Å². The number of hydrogen-bond acceptors (Lipinski definition) is 2. The summed E-state index contributed by atoms with van der Waals surface area (Å²) in [5, 5.41) is 3.88. The van der Waals surface area contributed by atoms with E-state index in [0.29, 0.717) is 0 Å². The smallest absolute Gasteiger partial charge is 0.0802 e. The number of aromatic nitrogens is 2. The Hall–Kier alpha value is -2.74. The highest BCUT2D eigenvalue weighted by Crippen LogP contribution is 2.55. The maximum atomic E-state index is 5.29. The summed E-state index contributed by atoms with van der Waals surface area (Å²) in [6, 6.07) is 17.9. The Morgan fingerprint density at radius 1 is 0.897 bits per heavy atom. The number of para-hydroxylation sites is 1. The third kappa shape index (κ3) is 2.29. The van der Waals surface area contributed by atoms with Gasteiger partial charge in [-0.1, -0.05) is 63.9 Å². The van der Waals surface area contributed by atoms with Gasteiger partial charge in [0.15, 0.2) is 0 Å². The fourth-order valence-electron chi connectivity index (χ4n) is 5.61. The predicted octanol–water partition coefficient (Wildman–Crippen LogP) is 6.92. The van der Waals surface area contributed by atoms with Gasteiger partial charge < -0.3 is 0 Å². The molecule has 4 aromatic rings. The molecule has 6 rings (SSSR count). The molecule has 1 saturated carbocycles. The lowest BCUT2D eigenvalue weighted by atomic mass is 9.67. The van der Waals surface area contributed by atoms with Crippen molar-refractivity contribution in [1.29, 1.82) is 0 Å². The molecule has 2 aliphatic carbocycles. The van der Waals surface area contributed by atoms with Crippen molar-refractivity contribution in [2.75, 3.05) is 0 Å². The Morgan fingerprint density at radius 2 is 1.69 bits per heavy atom. The first kappa shape index (κ1) is 17.1. The molecule has 29 heavy (non-hydrogen) atoms. The maximum absolute atomic E-state index is 5.29. The molecule has 0 unspecified atom stereocenters. The molecule has 2 heteroatoms. The van der Waals surface area contributed by atoms with E-state index in [4.69, 9.17) is 9.97 Å². The monoisotopic (exact) mass is 378 g/mol. The van der Waals surface area contributed by atoms with Crippen LogP contribution in [-0.4, -0.2) is 9.97 Å². The van der Waals surface area contributed by atoms with E-state index < -0.39 is 0 Å². The van der Waals surface area contributed by atoms with Crippen LogP contribution in [0.25, 0.3) is 32.9 Å². The molecule has 2 aromatic heterocycles. The van der Waals surface area contributed by atoms with Crippen LogP contribution in [0.5, 0.6) is 0 Å². The molecule has 0 N–H and O–H groups in total. The summed E-state index contributed by atoms with van der Waals surface area (Å²) in [5.41, 5.74) is 7.73. The highest BCUT2D eigenvalue weighted by Gasteiger charge is 2.45. The van der Waals surface area contributed by atoms with Crippen LogP contribution < -0.4 is 0 Å². The quantitative estimate of drug-likeness (QED) is 0.332. The Balaban J connectivity index is 1.80. The van der Waals surface area contributed by atoms with Gasteiger partial charge in [-0.3, -0.25) is 9.97 Å². The molecular weight excluding hydrogens is 352 g/mol. The van der Waals surface area contributed by atoms with E-state index in [9.17, 15) is 0 Å². The van der Waals surface area contributed by atoms with Crippen molar-refractivity contribution < 1.29 is 0 Å². The fraction of sp³-hybridized carbons (Fsp3) is 0.333. The van der Waals surface area contributed by atoms with Crippen molar-refractivity contribution in [3.63, 3.8) is 0 Å². The number of pyridine rings is 2. The fourth-order valence-corrected chi connectivity index (χ4v) is 5.61. The lowest BCUT2D eigenvalue weighted by Crippen LogP contribution is -2.30. The lowest BCUT2D eigenvalue weighted by Gasteiger charge is -2.37. The Bertz CT molecular complexity index is 1290. The van der Waals surface area contributed by atoms with Gasteiger partial charge in [0.1, 0.15) is 0 Å². The van der Waals surface area contributed by atoms with Crippen molar-refractivity contribution in [1.82, 2.24) is 9.97 Å². The molecule has 0 amide bonds. The second-order valence-corrected chi connectivity index (χ2v) is 9.90. The summed E-state index contributed by atoms with van der Waals surface area (Å²) in [6.07, 6.45) is 6.87. The molecule has 1 spiro atoms. The highest BCUT2D eigenvalue weighted by molar-refractivity contribution is 6.03. The van der Waals surface area contributed by atoms with Crippen LogP contribution in [0.15, 0.2) is 54.7 Å². The molecule has 0 aliphatic heterocycles. The average molecular weight is 379 g/mol. The molecule has 2 aromatic carbocycles. The van der Waals surface area contributed by atoms with Gasteiger partial charge in [-0.25, -0.2) is 0 Å². The molecule has 0 atom stereocenters. The standard InChI is InChI=1S/C27H26N2/c1-26(2,3)19-14-18-10-13-28-24-20-15-17-8-4-5-9-22(17)29-25(20)27(11-6-7-12-27)21(16-19)23(18)24/h4-5,8-10,13-16H,6-7,11-12H2,1-3H3. The summed E-state index contributed by atoms with van der Waals surface area (Å²) >= 11 is 0. The zero-order chi connectivity index (χ0) is 19.8. The van der Waals surface area contributed by atoms with Crippen LogP contribution >= 0.6 is 0 Å². The van der Waals surface area contributed by atoms with E-state index in [1.165, 1.54) is 64.2 Å². The Morgan fingerprint density at radius 3 is 2.48 bits per heavy atom. The molecule has 0 bridgehead atoms. The first-order valence-corrected chi connectivity index (χ1v) is 10.8. The number of nitrogens with zero attached hydrogens (tertiary/aromatic N) is 2. The zero-order valence-corrected chi connectivity index (χ0v) is 17.4. The van der Waals surface area contributed by atoms with Crippen LogP contribution in [0.3, 0.4) is 0 Å². The molecule has 2 aliphatic rings. The van der Waals surface area contributed by atoms with Gasteiger partial charge in [-0.05, 0) is 53.0 Å². The minimum absolute atomic E-state index is 0.0227. The van der Waals surface area contributed by atoms with Crippen LogP contribution in [0, 0.1) is 0 Å². The van der Waals surface area contributed by atoms with Crippen molar-refractivity contribution >= 4 is 21.7 Å². The van der Waals surface area contributed by atoms with Gasteiger partial charge in [-0.15, -0.1) is 0 Å². The van der Waals surface area contributed by atoms with Gasteiger partial charge in [0, 0.05) is 27.9 Å². The largest absolute Gasteiger partial charge is 0.256 e. The van der Waals surface area contributed by atoms with E-state index in [2.05, 4.69) is 69.3 Å². The van der Waals surface area contributed by atoms with Crippen LogP contribution in [0.1, 0.15) is 63.3 Å². The molecule has 1 fully saturated rings. The summed E-state index contributed by atoms with van der Waals surface area (Å²) in [5.74, 6) is 0. The zero-order valence-electron chi connectivity index (χ0n) is 17.4. The number of hydrogen-bond donors (Lipinski definition) is 0. The summed E-state index contributed by atoms with van der Waals surface area (Å²) in [4.78, 5) is 10.2. The van der Waals surface area contributed by atoms with Gasteiger partial charge >= 0.3 is 0 Å². The minimum atomic E-state index is 0.0227. The van der Waals surface area contributed by atoms with Gasteiger partial charge in [0.05, 0.1) is 16.9 Å². The number of benzene rings is 2. The maximum Gasteiger partial charge on any atom is 0.0802 e. The molecule has 0 saturated heterocycles. The van der Waals surface area contributed by atoms with Crippen molar-refractivity contribution in [3.05, 3.63) is 71.5 Å². The third-order valence-electron chi connectivity index (χ3n) is 7.13. The molecule has 2 heterocycles. The Kier molecular flexibility index (Phi) is 3.35.